The molecule has 132 valence electrons. The third-order valence-electron chi connectivity index (χ3n) is 3.63. The molecule has 2 aliphatic heterocycles. The van der Waals surface area contributed by atoms with Gasteiger partial charge in [-0.15, -0.1) is 0 Å². The molecule has 2 aromatic rings. The summed E-state index contributed by atoms with van der Waals surface area (Å²) in [6.07, 6.45) is 0. The Morgan fingerprint density at radius 1 is 1.16 bits per heavy atom. The second kappa shape index (κ2) is 6.60. The molecule has 2 aliphatic rings. The fraction of sp³-hybridized carbons (Fsp3) is 0.188. The van der Waals surface area contributed by atoms with E-state index in [2.05, 4.69) is 5.32 Å². The van der Waals surface area contributed by atoms with Crippen molar-refractivity contribution in [2.45, 2.75) is 6.04 Å². The molecule has 1 amide bonds. The molecule has 0 aromatic heterocycles. The summed E-state index contributed by atoms with van der Waals surface area (Å²) in [5, 5.41) is 11.7. The highest BCUT2D eigenvalue weighted by Gasteiger charge is 2.30. The predicted molar refractivity (Wildman–Crippen MR) is 76.1 cm³/mol. The van der Waals surface area contributed by atoms with Crippen molar-refractivity contribution in [3.8, 4) is 11.5 Å². The number of benzene rings is 2. The summed E-state index contributed by atoms with van der Waals surface area (Å²) >= 11 is 0. The maximum Gasteiger partial charge on any atom is 0.257 e. The minimum Gasteiger partial charge on any atom is -0.454 e. The maximum absolute atomic E-state index is 14.0. The van der Waals surface area contributed by atoms with Crippen molar-refractivity contribution in [1.29, 1.82) is 0 Å². The first-order valence-electron chi connectivity index (χ1n) is 7.07. The monoisotopic (exact) mass is 357 g/mol. The average molecular weight is 357 g/mol. The van der Waals surface area contributed by atoms with Crippen LogP contribution in [0.25, 0.3) is 0 Å². The van der Waals surface area contributed by atoms with Gasteiger partial charge in [0.25, 0.3) is 5.91 Å². The van der Waals surface area contributed by atoms with E-state index < -0.39 is 65.7 Å². The smallest absolute Gasteiger partial charge is 0.257 e. The maximum atomic E-state index is 14.0. The van der Waals surface area contributed by atoms with Crippen molar-refractivity contribution >= 4 is 5.91 Å². The molecule has 2 heterocycles. The van der Waals surface area contributed by atoms with Crippen molar-refractivity contribution in [1.82, 2.24) is 5.32 Å². The summed E-state index contributed by atoms with van der Waals surface area (Å²) < 4.78 is 64.7. The molecule has 1 atom stereocenters. The van der Waals surface area contributed by atoms with Crippen molar-refractivity contribution in [3.05, 3.63) is 58.7 Å². The number of nitrogens with one attached hydrogen (secondary N) is 1. The lowest BCUT2D eigenvalue weighted by molar-refractivity contribution is 0.0904. The van der Waals surface area contributed by atoms with Crippen LogP contribution in [0.5, 0.6) is 11.5 Å². The molecule has 0 spiro atoms. The quantitative estimate of drug-likeness (QED) is 0.825. The number of hydrogen-bond acceptors (Lipinski definition) is 4. The molecule has 9 heteroatoms. The van der Waals surface area contributed by atoms with E-state index in [0.717, 1.165) is 24.3 Å². The minimum absolute atomic E-state index is 0.126. The second-order valence-electron chi connectivity index (χ2n) is 5.13. The number of carbonyl (C=O) groups excluding carboxylic acids is 1. The molecule has 2 N–H and O–H groups in total. The highest BCUT2D eigenvalue weighted by atomic mass is 19.2. The van der Waals surface area contributed by atoms with Gasteiger partial charge in [0, 0.05) is 5.56 Å². The Hall–Kier alpha value is -2.81. The largest absolute Gasteiger partial charge is 0.454 e. The van der Waals surface area contributed by atoms with Crippen LogP contribution in [0.15, 0.2) is 24.3 Å². The van der Waals surface area contributed by atoms with Crippen LogP contribution in [-0.4, -0.2) is 24.4 Å². The molecule has 2 bridgehead atoms. The Morgan fingerprint density at radius 2 is 1.84 bits per heavy atom. The van der Waals surface area contributed by atoms with E-state index in [-0.39, 0.29) is 5.56 Å². The number of halogens is 4. The average Bonchev–Trinajstić information content (AvgIpc) is 2.87. The topological polar surface area (TPSA) is 67.8 Å². The number of fused-ring (bicyclic) bond motifs is 4. The standard InChI is InChI=1S/C16H11F4NO4/c17-8-2-1-3-9(18)12(8)16(23)21-10(5-22)7-4-11-13(19)14(20)15(7)25-6-24-11/h1-4,10,22H,5-6H2,(H,21,23). The molecule has 0 aliphatic carbocycles. The Kier molecular flexibility index (Phi) is 4.49. The van der Waals surface area contributed by atoms with Crippen LogP contribution in [0.2, 0.25) is 0 Å². The molecular weight excluding hydrogens is 346 g/mol. The van der Waals surface area contributed by atoms with E-state index in [1.54, 1.807) is 0 Å². The number of ether oxygens (including phenoxy) is 2. The zero-order valence-electron chi connectivity index (χ0n) is 12.5. The Labute approximate surface area is 138 Å². The lowest BCUT2D eigenvalue weighted by atomic mass is 10.0. The summed E-state index contributed by atoms with van der Waals surface area (Å²) in [6, 6.07) is 2.59. The molecule has 1 unspecified atom stereocenters. The first kappa shape index (κ1) is 17.0. The van der Waals surface area contributed by atoms with Crippen LogP contribution in [0.4, 0.5) is 17.6 Å². The lowest BCUT2D eigenvalue weighted by Gasteiger charge is -2.19. The highest BCUT2D eigenvalue weighted by Crippen LogP contribution is 2.38. The SMILES string of the molecule is O=C(NC(CO)c1cc2c(F)c(F)c1OCO2)c1c(F)cccc1F. The molecule has 0 saturated carbocycles. The van der Waals surface area contributed by atoms with Gasteiger partial charge in [0.05, 0.1) is 12.6 Å². The van der Waals surface area contributed by atoms with Crippen molar-refractivity contribution in [2.24, 2.45) is 0 Å². The summed E-state index contributed by atoms with van der Waals surface area (Å²) in [5.41, 5.74) is -0.989. The highest BCUT2D eigenvalue weighted by molar-refractivity contribution is 5.95. The molecule has 0 saturated heterocycles. The first-order valence-corrected chi connectivity index (χ1v) is 7.07. The number of carbonyl (C=O) groups is 1. The van der Waals surface area contributed by atoms with Gasteiger partial charge in [-0.1, -0.05) is 6.07 Å². The van der Waals surface area contributed by atoms with Crippen LogP contribution in [-0.2, 0) is 0 Å². The van der Waals surface area contributed by atoms with E-state index in [1.807, 2.05) is 0 Å². The lowest BCUT2D eigenvalue weighted by Crippen LogP contribution is -2.32. The molecular formula is C16H11F4NO4. The van der Waals surface area contributed by atoms with Gasteiger partial charge < -0.3 is 19.9 Å². The van der Waals surface area contributed by atoms with Gasteiger partial charge in [0.2, 0.25) is 18.4 Å². The number of rotatable bonds is 4. The van der Waals surface area contributed by atoms with Gasteiger partial charge in [-0.2, -0.15) is 8.78 Å². The normalized spacial score (nSPS) is 13.6. The number of aliphatic hydroxyl groups excluding tert-OH is 1. The Bertz CT molecular complexity index is 823. The second-order valence-corrected chi connectivity index (χ2v) is 5.13. The van der Waals surface area contributed by atoms with Crippen molar-refractivity contribution in [3.63, 3.8) is 0 Å². The van der Waals surface area contributed by atoms with Crippen molar-refractivity contribution < 1.29 is 36.9 Å². The zero-order chi connectivity index (χ0) is 18.1. The molecule has 2 aromatic carbocycles. The van der Waals surface area contributed by atoms with Crippen LogP contribution in [0, 0.1) is 23.3 Å². The molecule has 25 heavy (non-hydrogen) atoms. The van der Waals surface area contributed by atoms with E-state index in [4.69, 9.17) is 9.47 Å². The van der Waals surface area contributed by atoms with Crippen LogP contribution < -0.4 is 14.8 Å². The van der Waals surface area contributed by atoms with Gasteiger partial charge in [-0.05, 0) is 18.2 Å². The predicted octanol–water partition coefficient (Wildman–Crippen LogP) is 2.44. The summed E-state index contributed by atoms with van der Waals surface area (Å²) in [4.78, 5) is 12.1. The molecule has 5 nitrogen and oxygen atoms in total. The summed E-state index contributed by atoms with van der Waals surface area (Å²) in [6.45, 7) is -1.23. The van der Waals surface area contributed by atoms with Crippen LogP contribution in [0.1, 0.15) is 22.0 Å². The van der Waals surface area contributed by atoms with Gasteiger partial charge >= 0.3 is 0 Å². The van der Waals surface area contributed by atoms with E-state index >= 15 is 0 Å². The zero-order valence-corrected chi connectivity index (χ0v) is 12.5. The summed E-state index contributed by atoms with van der Waals surface area (Å²) in [5.74, 6) is -7.06. The van der Waals surface area contributed by atoms with Crippen molar-refractivity contribution in [2.75, 3.05) is 13.4 Å². The van der Waals surface area contributed by atoms with Crippen LogP contribution >= 0.6 is 0 Å². The fourth-order valence-electron chi connectivity index (χ4n) is 2.43. The van der Waals surface area contributed by atoms with Crippen LogP contribution in [0.3, 0.4) is 0 Å². The fourth-order valence-corrected chi connectivity index (χ4v) is 2.43. The Morgan fingerprint density at radius 3 is 2.48 bits per heavy atom. The van der Waals surface area contributed by atoms with Gasteiger partial charge in [-0.25, -0.2) is 8.78 Å². The van der Waals surface area contributed by atoms with E-state index in [9.17, 15) is 27.5 Å². The third-order valence-corrected chi connectivity index (χ3v) is 3.63. The minimum atomic E-state index is -1.35. The van der Waals surface area contributed by atoms with Gasteiger partial charge in [-0.3, -0.25) is 4.79 Å². The first-order chi connectivity index (χ1) is 11.9. The third kappa shape index (κ3) is 2.98. The van der Waals surface area contributed by atoms with Gasteiger partial charge in [0.15, 0.2) is 11.5 Å². The number of hydrogen-bond donors (Lipinski definition) is 2. The number of amides is 1. The van der Waals surface area contributed by atoms with Gasteiger partial charge in [0.1, 0.15) is 17.2 Å². The van der Waals surface area contributed by atoms with E-state index in [1.165, 1.54) is 0 Å². The Balaban J connectivity index is 1.96. The molecule has 4 rings (SSSR count). The summed E-state index contributed by atoms with van der Waals surface area (Å²) in [7, 11) is 0. The molecule has 0 radical (unpaired) electrons. The number of aliphatic hydroxyl groups is 1. The molecule has 0 fully saturated rings. The van der Waals surface area contributed by atoms with E-state index in [0.29, 0.717) is 0 Å².